The summed E-state index contributed by atoms with van der Waals surface area (Å²) in [6.45, 7) is 1.75. The summed E-state index contributed by atoms with van der Waals surface area (Å²) in [5.74, 6) is -0.400. The molecule has 0 aliphatic carbocycles. The average molecular weight is 329 g/mol. The van der Waals surface area contributed by atoms with Gasteiger partial charge < -0.3 is 5.73 Å². The Morgan fingerprint density at radius 3 is 2.44 bits per heavy atom. The summed E-state index contributed by atoms with van der Waals surface area (Å²) in [4.78, 5) is 0. The van der Waals surface area contributed by atoms with Gasteiger partial charge >= 0.3 is 0 Å². The van der Waals surface area contributed by atoms with Gasteiger partial charge in [0.05, 0.1) is 5.54 Å². The highest BCUT2D eigenvalue weighted by Crippen LogP contribution is 2.36. The molecule has 0 aliphatic heterocycles. The topological polar surface area (TPSA) is 26.0 Å². The molecular weight excluding hydrogens is 317 g/mol. The highest BCUT2D eigenvalue weighted by Gasteiger charge is 2.30. The van der Waals surface area contributed by atoms with Gasteiger partial charge in [0, 0.05) is 15.1 Å². The Morgan fingerprint density at radius 2 is 1.83 bits per heavy atom. The van der Waals surface area contributed by atoms with Crippen LogP contribution in [0.25, 0.3) is 0 Å². The summed E-state index contributed by atoms with van der Waals surface area (Å²) < 4.78 is 14.8. The zero-order valence-corrected chi connectivity index (χ0v) is 12.1. The number of nitrogens with two attached hydrogens (primary N) is 1. The summed E-state index contributed by atoms with van der Waals surface area (Å²) in [6.07, 6.45) is 0. The molecule has 1 atom stereocenters. The smallest absolute Gasteiger partial charge is 0.130 e. The molecule has 4 heteroatoms. The van der Waals surface area contributed by atoms with E-state index < -0.39 is 11.4 Å². The van der Waals surface area contributed by atoms with E-state index in [0.29, 0.717) is 10.6 Å². The molecule has 2 rings (SSSR count). The molecule has 0 radical (unpaired) electrons. The van der Waals surface area contributed by atoms with Crippen LogP contribution in [0.3, 0.4) is 0 Å². The van der Waals surface area contributed by atoms with Gasteiger partial charge in [-0.2, -0.15) is 0 Å². The standard InChI is InChI=1S/C14H12BrClFN/c1-14(18,9-5-2-3-6-10(9)15)13-11(16)7-4-8-12(13)17/h2-8H,18H2,1H3. The van der Waals surface area contributed by atoms with Gasteiger partial charge in [0.1, 0.15) is 5.82 Å². The predicted molar refractivity (Wildman–Crippen MR) is 76.2 cm³/mol. The zero-order chi connectivity index (χ0) is 13.3. The van der Waals surface area contributed by atoms with Crippen LogP contribution in [0.1, 0.15) is 18.1 Å². The largest absolute Gasteiger partial charge is 0.318 e. The van der Waals surface area contributed by atoms with Crippen molar-refractivity contribution in [1.82, 2.24) is 0 Å². The van der Waals surface area contributed by atoms with Crippen LogP contribution in [0, 0.1) is 5.82 Å². The molecule has 0 saturated carbocycles. The number of halogens is 3. The van der Waals surface area contributed by atoms with Crippen molar-refractivity contribution in [1.29, 1.82) is 0 Å². The van der Waals surface area contributed by atoms with Crippen molar-refractivity contribution in [2.45, 2.75) is 12.5 Å². The molecule has 0 saturated heterocycles. The van der Waals surface area contributed by atoms with E-state index in [1.54, 1.807) is 19.1 Å². The van der Waals surface area contributed by atoms with Crippen LogP contribution < -0.4 is 5.73 Å². The van der Waals surface area contributed by atoms with Gasteiger partial charge in [-0.1, -0.05) is 51.8 Å². The average Bonchev–Trinajstić information content (AvgIpc) is 2.28. The fourth-order valence-electron chi connectivity index (χ4n) is 2.01. The lowest BCUT2D eigenvalue weighted by molar-refractivity contribution is 0.529. The Bertz CT molecular complexity index is 564. The summed E-state index contributed by atoms with van der Waals surface area (Å²) in [5, 5.41) is 0.329. The minimum absolute atomic E-state index is 0.304. The first-order valence-corrected chi connectivity index (χ1v) is 6.60. The van der Waals surface area contributed by atoms with Gasteiger partial charge in [-0.15, -0.1) is 0 Å². The molecular formula is C14H12BrClFN. The minimum atomic E-state index is -0.997. The van der Waals surface area contributed by atoms with Crippen LogP contribution in [0.15, 0.2) is 46.9 Å². The van der Waals surface area contributed by atoms with E-state index in [1.165, 1.54) is 6.07 Å². The first-order chi connectivity index (χ1) is 8.44. The Balaban J connectivity index is 2.66. The molecule has 2 aromatic carbocycles. The fourth-order valence-corrected chi connectivity index (χ4v) is 3.07. The van der Waals surface area contributed by atoms with E-state index in [2.05, 4.69) is 15.9 Å². The first-order valence-electron chi connectivity index (χ1n) is 5.43. The van der Waals surface area contributed by atoms with Gasteiger partial charge in [-0.3, -0.25) is 0 Å². The highest BCUT2D eigenvalue weighted by molar-refractivity contribution is 9.10. The third-order valence-corrected chi connectivity index (χ3v) is 3.92. The number of rotatable bonds is 2. The molecule has 94 valence electrons. The molecule has 0 amide bonds. The van der Waals surface area contributed by atoms with E-state index in [0.717, 1.165) is 10.0 Å². The van der Waals surface area contributed by atoms with Crippen LogP contribution in [0.4, 0.5) is 4.39 Å². The number of hydrogen-bond acceptors (Lipinski definition) is 1. The van der Waals surface area contributed by atoms with E-state index in [4.69, 9.17) is 17.3 Å². The Labute approximate surface area is 119 Å². The summed E-state index contributed by atoms with van der Waals surface area (Å²) in [7, 11) is 0. The second kappa shape index (κ2) is 5.00. The van der Waals surface area contributed by atoms with Gasteiger partial charge in [0.2, 0.25) is 0 Å². The maximum Gasteiger partial charge on any atom is 0.130 e. The van der Waals surface area contributed by atoms with Crippen LogP contribution >= 0.6 is 27.5 Å². The lowest BCUT2D eigenvalue weighted by Crippen LogP contribution is -2.36. The minimum Gasteiger partial charge on any atom is -0.318 e. The van der Waals surface area contributed by atoms with Crippen molar-refractivity contribution < 1.29 is 4.39 Å². The van der Waals surface area contributed by atoms with Crippen molar-refractivity contribution in [3.05, 3.63) is 68.9 Å². The Kier molecular flexibility index (Phi) is 3.76. The molecule has 0 heterocycles. The van der Waals surface area contributed by atoms with E-state index in [1.807, 2.05) is 24.3 Å². The number of hydrogen-bond donors (Lipinski definition) is 1. The van der Waals surface area contributed by atoms with Gasteiger partial charge in [-0.05, 0) is 30.7 Å². The molecule has 2 N–H and O–H groups in total. The molecule has 1 nitrogen and oxygen atoms in total. The maximum absolute atomic E-state index is 14.0. The van der Waals surface area contributed by atoms with Crippen LogP contribution in [0.5, 0.6) is 0 Å². The van der Waals surface area contributed by atoms with Crippen LogP contribution in [-0.2, 0) is 5.54 Å². The molecule has 0 spiro atoms. The molecule has 2 aromatic rings. The summed E-state index contributed by atoms with van der Waals surface area (Å²) >= 11 is 9.51. The maximum atomic E-state index is 14.0. The van der Waals surface area contributed by atoms with Crippen molar-refractivity contribution in [3.8, 4) is 0 Å². The quantitative estimate of drug-likeness (QED) is 0.865. The predicted octanol–water partition coefficient (Wildman–Crippen LogP) is 4.46. The normalized spacial score (nSPS) is 14.3. The van der Waals surface area contributed by atoms with Gasteiger partial charge in [0.15, 0.2) is 0 Å². The molecule has 18 heavy (non-hydrogen) atoms. The van der Waals surface area contributed by atoms with E-state index >= 15 is 0 Å². The van der Waals surface area contributed by atoms with E-state index in [9.17, 15) is 4.39 Å². The van der Waals surface area contributed by atoms with Crippen molar-refractivity contribution in [2.75, 3.05) is 0 Å². The lowest BCUT2D eigenvalue weighted by atomic mass is 9.85. The van der Waals surface area contributed by atoms with Crippen LogP contribution in [-0.4, -0.2) is 0 Å². The highest BCUT2D eigenvalue weighted by atomic mass is 79.9. The van der Waals surface area contributed by atoms with Crippen molar-refractivity contribution >= 4 is 27.5 Å². The fraction of sp³-hybridized carbons (Fsp3) is 0.143. The second-order valence-electron chi connectivity index (χ2n) is 4.28. The summed E-state index contributed by atoms with van der Waals surface area (Å²) in [5.41, 5.74) is 6.40. The number of benzene rings is 2. The van der Waals surface area contributed by atoms with Gasteiger partial charge in [0.25, 0.3) is 0 Å². The Hall–Kier alpha value is -0.900. The van der Waals surface area contributed by atoms with Crippen LogP contribution in [0.2, 0.25) is 5.02 Å². The molecule has 1 unspecified atom stereocenters. The SMILES string of the molecule is CC(N)(c1ccccc1Br)c1c(F)cccc1Cl. The zero-order valence-electron chi connectivity index (χ0n) is 9.75. The molecule has 0 aliphatic rings. The van der Waals surface area contributed by atoms with E-state index in [-0.39, 0.29) is 0 Å². The monoisotopic (exact) mass is 327 g/mol. The molecule has 0 bridgehead atoms. The van der Waals surface area contributed by atoms with Crippen molar-refractivity contribution in [3.63, 3.8) is 0 Å². The Morgan fingerprint density at radius 1 is 1.17 bits per heavy atom. The molecule has 0 aromatic heterocycles. The third kappa shape index (κ3) is 2.30. The third-order valence-electron chi connectivity index (χ3n) is 2.92. The molecule has 0 fully saturated rings. The summed E-state index contributed by atoms with van der Waals surface area (Å²) in [6, 6.07) is 12.0. The lowest BCUT2D eigenvalue weighted by Gasteiger charge is -2.28. The van der Waals surface area contributed by atoms with Crippen molar-refractivity contribution in [2.24, 2.45) is 5.73 Å². The first kappa shape index (κ1) is 13.5. The van der Waals surface area contributed by atoms with Gasteiger partial charge in [-0.25, -0.2) is 4.39 Å². The second-order valence-corrected chi connectivity index (χ2v) is 5.54.